The van der Waals surface area contributed by atoms with Crippen LogP contribution in [0.1, 0.15) is 23.6 Å². The third-order valence-electron chi connectivity index (χ3n) is 3.64. The van der Waals surface area contributed by atoms with E-state index in [0.29, 0.717) is 0 Å². The number of hydrogen-bond donors (Lipinski definition) is 1. The van der Waals surface area contributed by atoms with E-state index in [1.54, 1.807) is 0 Å². The van der Waals surface area contributed by atoms with Gasteiger partial charge in [-0.25, -0.2) is 0 Å². The number of nitrogens with one attached hydrogen (secondary N) is 1. The van der Waals surface area contributed by atoms with Gasteiger partial charge in [-0.3, -0.25) is 0 Å². The monoisotopic (exact) mass is 258 g/mol. The largest absolute Gasteiger partial charge is 0.350 e. The quantitative estimate of drug-likeness (QED) is 0.815. The molecule has 0 atom stereocenters. The summed E-state index contributed by atoms with van der Waals surface area (Å²) in [5.41, 5.74) is 4.07. The second-order valence-corrected chi connectivity index (χ2v) is 5.22. The molecule has 0 saturated carbocycles. The van der Waals surface area contributed by atoms with Crippen LogP contribution in [0, 0.1) is 0 Å². The first-order valence-electron chi connectivity index (χ1n) is 6.82. The average molecular weight is 258 g/mol. The van der Waals surface area contributed by atoms with Crippen LogP contribution in [0.25, 0.3) is 0 Å². The van der Waals surface area contributed by atoms with Crippen LogP contribution in [0.4, 0.5) is 0 Å². The fourth-order valence-corrected chi connectivity index (χ4v) is 2.61. The van der Waals surface area contributed by atoms with Gasteiger partial charge in [0, 0.05) is 19.6 Å². The van der Waals surface area contributed by atoms with Gasteiger partial charge in [-0.15, -0.1) is 0 Å². The van der Waals surface area contributed by atoms with Crippen LogP contribution < -0.4 is 5.32 Å². The molecule has 1 aromatic carbocycles. The number of nitrogens with zero attached hydrogens (tertiary/aromatic N) is 1. The van der Waals surface area contributed by atoms with Gasteiger partial charge in [-0.05, 0) is 36.6 Å². The van der Waals surface area contributed by atoms with Gasteiger partial charge in [-0.2, -0.15) is 0 Å². The molecule has 4 nitrogen and oxygen atoms in total. The molecular weight excluding hydrogens is 239 g/mol. The number of ether oxygens (including phenoxy) is 2. The Kier molecular flexibility index (Phi) is 3.89. The molecular formula is C14H19BN2O2. The lowest BCUT2D eigenvalue weighted by Crippen LogP contribution is -2.45. The number of benzene rings is 1. The number of rotatable bonds is 4. The highest BCUT2D eigenvalue weighted by Gasteiger charge is 2.25. The predicted molar refractivity (Wildman–Crippen MR) is 73.4 cm³/mol. The molecule has 2 radical (unpaired) electrons. The first-order valence-corrected chi connectivity index (χ1v) is 6.82. The Morgan fingerprint density at radius 1 is 1.37 bits per heavy atom. The maximum absolute atomic E-state index is 5.83. The summed E-state index contributed by atoms with van der Waals surface area (Å²) in [5.74, 6) is 0. The van der Waals surface area contributed by atoms with E-state index in [4.69, 9.17) is 17.5 Å². The maximum Gasteiger partial charge on any atom is 0.182 e. The maximum atomic E-state index is 5.83. The fourth-order valence-electron chi connectivity index (χ4n) is 2.61. The second kappa shape index (κ2) is 5.63. The predicted octanol–water partition coefficient (Wildman–Crippen LogP) is 0.937. The van der Waals surface area contributed by atoms with Crippen LogP contribution >= 0.6 is 0 Å². The third-order valence-corrected chi connectivity index (χ3v) is 3.64. The third kappa shape index (κ3) is 3.18. The molecule has 2 aliphatic rings. The molecule has 3 rings (SSSR count). The zero-order valence-electron chi connectivity index (χ0n) is 11.3. The molecule has 0 amide bonds. The van der Waals surface area contributed by atoms with Crippen LogP contribution in [0.5, 0.6) is 0 Å². The van der Waals surface area contributed by atoms with Crippen molar-refractivity contribution in [3.05, 3.63) is 34.9 Å². The van der Waals surface area contributed by atoms with Crippen molar-refractivity contribution in [2.24, 2.45) is 0 Å². The summed E-state index contributed by atoms with van der Waals surface area (Å²) in [4.78, 5) is 1.87. The van der Waals surface area contributed by atoms with Crippen molar-refractivity contribution in [1.82, 2.24) is 10.1 Å². The Labute approximate surface area is 115 Å². The molecule has 0 unspecified atom stereocenters. The van der Waals surface area contributed by atoms with E-state index in [2.05, 4.69) is 23.5 Å². The Bertz CT molecular complexity index is 449. The first-order chi connectivity index (χ1) is 9.20. The van der Waals surface area contributed by atoms with E-state index in [1.165, 1.54) is 16.7 Å². The van der Waals surface area contributed by atoms with Gasteiger partial charge in [0.15, 0.2) is 20.6 Å². The highest BCUT2D eigenvalue weighted by Crippen LogP contribution is 2.19. The summed E-state index contributed by atoms with van der Waals surface area (Å²) in [6.45, 7) is 5.27. The molecule has 1 fully saturated rings. The molecule has 0 bridgehead atoms. The first kappa shape index (κ1) is 13.1. The van der Waals surface area contributed by atoms with Gasteiger partial charge in [0.05, 0.1) is 0 Å². The molecule has 0 aliphatic carbocycles. The molecule has 19 heavy (non-hydrogen) atoms. The van der Waals surface area contributed by atoms with Crippen molar-refractivity contribution < 1.29 is 9.47 Å². The summed E-state index contributed by atoms with van der Waals surface area (Å²) in [6.07, 6.45) is 0.902. The Morgan fingerprint density at radius 3 is 3.00 bits per heavy atom. The van der Waals surface area contributed by atoms with E-state index >= 15 is 0 Å². The van der Waals surface area contributed by atoms with Crippen molar-refractivity contribution in [1.29, 1.82) is 0 Å². The fraction of sp³-hybridized carbons (Fsp3) is 0.571. The minimum absolute atomic E-state index is 0.0465. The van der Waals surface area contributed by atoms with Gasteiger partial charge in [-0.1, -0.05) is 18.2 Å². The highest BCUT2D eigenvalue weighted by atomic mass is 16.9. The highest BCUT2D eigenvalue weighted by molar-refractivity contribution is 6.04. The van der Waals surface area contributed by atoms with Crippen LogP contribution in [0.2, 0.25) is 0 Å². The average Bonchev–Trinajstić information content (AvgIpc) is 2.37. The molecule has 0 aromatic heterocycles. The SMILES string of the molecule is [B]N1CCc2cc(CNCC3OC(C)O3)ccc2C1. The zero-order valence-corrected chi connectivity index (χ0v) is 11.3. The minimum atomic E-state index is -0.0848. The summed E-state index contributed by atoms with van der Waals surface area (Å²) in [6, 6.07) is 6.63. The molecule has 1 N–H and O–H groups in total. The van der Waals surface area contributed by atoms with Gasteiger partial charge in [0.1, 0.15) is 0 Å². The lowest BCUT2D eigenvalue weighted by molar-refractivity contribution is -0.372. The summed E-state index contributed by atoms with van der Waals surface area (Å²) < 4.78 is 10.8. The van der Waals surface area contributed by atoms with Gasteiger partial charge in [0.25, 0.3) is 0 Å². The Morgan fingerprint density at radius 2 is 2.21 bits per heavy atom. The molecule has 0 spiro atoms. The molecule has 5 heteroatoms. The molecule has 2 aliphatic heterocycles. The molecule has 1 aromatic rings. The van der Waals surface area contributed by atoms with Crippen LogP contribution in [-0.2, 0) is 29.0 Å². The molecule has 100 valence electrons. The summed E-state index contributed by atoms with van der Waals surface area (Å²) >= 11 is 0. The van der Waals surface area contributed by atoms with E-state index < -0.39 is 0 Å². The topological polar surface area (TPSA) is 33.7 Å². The van der Waals surface area contributed by atoms with Crippen molar-refractivity contribution in [2.75, 3.05) is 13.1 Å². The normalized spacial score (nSPS) is 26.8. The van der Waals surface area contributed by atoms with Crippen molar-refractivity contribution in [3.8, 4) is 0 Å². The Hall–Kier alpha value is -0.875. The van der Waals surface area contributed by atoms with Crippen molar-refractivity contribution >= 4 is 7.98 Å². The minimum Gasteiger partial charge on any atom is -0.350 e. The van der Waals surface area contributed by atoms with Gasteiger partial charge < -0.3 is 19.6 Å². The van der Waals surface area contributed by atoms with Crippen molar-refractivity contribution in [3.63, 3.8) is 0 Å². The smallest absolute Gasteiger partial charge is 0.182 e. The molecule has 2 heterocycles. The second-order valence-electron chi connectivity index (χ2n) is 5.22. The Balaban J connectivity index is 1.51. The molecule has 1 saturated heterocycles. The lowest BCUT2D eigenvalue weighted by atomic mass is 9.95. The van der Waals surface area contributed by atoms with Gasteiger partial charge in [0.2, 0.25) is 0 Å². The van der Waals surface area contributed by atoms with E-state index in [9.17, 15) is 0 Å². The summed E-state index contributed by atoms with van der Waals surface area (Å²) in [5, 5.41) is 3.35. The van der Waals surface area contributed by atoms with Crippen molar-refractivity contribution in [2.45, 2.75) is 39.0 Å². The standard InChI is InChI=1S/C14H19BN2O2/c1-10-18-14(19-10)8-16-7-11-2-3-13-9-17(15)5-4-12(13)6-11/h2-3,6,10,14,16H,4-5,7-9H2,1H3. The lowest BCUT2D eigenvalue weighted by Gasteiger charge is -2.33. The van der Waals surface area contributed by atoms with E-state index in [1.807, 2.05) is 11.7 Å². The summed E-state index contributed by atoms with van der Waals surface area (Å²) in [7, 11) is 5.83. The van der Waals surface area contributed by atoms with Crippen LogP contribution in [0.15, 0.2) is 18.2 Å². The van der Waals surface area contributed by atoms with E-state index in [0.717, 1.165) is 32.6 Å². The van der Waals surface area contributed by atoms with Gasteiger partial charge >= 0.3 is 0 Å². The van der Waals surface area contributed by atoms with E-state index in [-0.39, 0.29) is 12.6 Å². The zero-order chi connectivity index (χ0) is 13.2. The van der Waals surface area contributed by atoms with Crippen LogP contribution in [-0.4, -0.2) is 38.5 Å². The number of fused-ring (bicyclic) bond motifs is 1. The number of hydrogen-bond acceptors (Lipinski definition) is 4. The van der Waals surface area contributed by atoms with Crippen LogP contribution in [0.3, 0.4) is 0 Å².